The van der Waals surface area contributed by atoms with Gasteiger partial charge < -0.3 is 24.6 Å². The van der Waals surface area contributed by atoms with Crippen molar-refractivity contribution in [2.45, 2.75) is 19.4 Å². The number of methoxy groups -OCH3 is 1. The molecule has 1 atom stereocenters. The Morgan fingerprint density at radius 1 is 1.21 bits per heavy atom. The third kappa shape index (κ3) is 8.45. The summed E-state index contributed by atoms with van der Waals surface area (Å²) < 4.78 is 15.8. The Hall–Kier alpha value is -3.60. The molecular weight excluding hydrogens is 498 g/mol. The molecule has 0 spiro atoms. The number of ether oxygens (including phenoxy) is 3. The first kappa shape index (κ1) is 25.7. The van der Waals surface area contributed by atoms with Crippen molar-refractivity contribution in [1.29, 1.82) is 0 Å². The maximum Gasteiger partial charge on any atom is 0.407 e. The molecule has 2 rings (SSSR count). The van der Waals surface area contributed by atoms with E-state index < -0.39 is 30.6 Å². The molecule has 0 aromatic heterocycles. The lowest BCUT2D eigenvalue weighted by molar-refractivity contribution is -0.139. The zero-order valence-corrected chi connectivity index (χ0v) is 19.6. The van der Waals surface area contributed by atoms with Crippen LogP contribution in [0, 0.1) is 0 Å². The summed E-state index contributed by atoms with van der Waals surface area (Å²) in [5.74, 6) is -1.15. The fourth-order valence-corrected chi connectivity index (χ4v) is 3.28. The molecule has 33 heavy (non-hydrogen) atoms. The van der Waals surface area contributed by atoms with Gasteiger partial charge >= 0.3 is 12.1 Å². The van der Waals surface area contributed by atoms with Gasteiger partial charge in [-0.15, -0.1) is 0 Å². The number of amides is 2. The molecule has 0 aliphatic rings. The molecule has 11 heteroatoms. The number of hydrogen-bond acceptors (Lipinski definition) is 7. The predicted octanol–water partition coefficient (Wildman–Crippen LogP) is 2.73. The summed E-state index contributed by atoms with van der Waals surface area (Å²) in [4.78, 5) is 35.3. The highest BCUT2D eigenvalue weighted by Gasteiger charge is 2.21. The molecule has 0 radical (unpaired) electrons. The van der Waals surface area contributed by atoms with Crippen molar-refractivity contribution in [2.24, 2.45) is 5.10 Å². The van der Waals surface area contributed by atoms with Crippen LogP contribution in [0.2, 0.25) is 0 Å². The Morgan fingerprint density at radius 3 is 2.58 bits per heavy atom. The summed E-state index contributed by atoms with van der Waals surface area (Å²) in [7, 11) is 1.41. The fourth-order valence-electron chi connectivity index (χ4n) is 2.71. The lowest BCUT2D eigenvalue weighted by atomic mass is 10.1. The Kier molecular flexibility index (Phi) is 10.2. The van der Waals surface area contributed by atoms with Crippen molar-refractivity contribution in [3.05, 3.63) is 58.1 Å². The fraction of sp³-hybridized carbons (Fsp3) is 0.273. The number of carboxylic acid groups (broad SMARTS) is 1. The molecule has 10 nitrogen and oxygen atoms in total. The summed E-state index contributed by atoms with van der Waals surface area (Å²) in [6.45, 7) is 1.31. The minimum Gasteiger partial charge on any atom is -0.493 e. The van der Waals surface area contributed by atoms with Crippen molar-refractivity contribution in [1.82, 2.24) is 10.7 Å². The van der Waals surface area contributed by atoms with Crippen molar-refractivity contribution < 1.29 is 33.7 Å². The third-order valence-electron chi connectivity index (χ3n) is 4.15. The number of hydrogen-bond donors (Lipinski definition) is 3. The van der Waals surface area contributed by atoms with Gasteiger partial charge in [-0.2, -0.15) is 5.10 Å². The molecule has 2 aromatic carbocycles. The Balaban J connectivity index is 2.11. The van der Waals surface area contributed by atoms with Crippen LogP contribution in [0.1, 0.15) is 18.1 Å². The number of carbonyl (C=O) groups excluding carboxylic acids is 2. The number of benzene rings is 2. The van der Waals surface area contributed by atoms with E-state index in [1.807, 2.05) is 30.3 Å². The van der Waals surface area contributed by atoms with E-state index in [9.17, 15) is 14.4 Å². The maximum absolute atomic E-state index is 12.7. The van der Waals surface area contributed by atoms with Crippen LogP contribution in [0.5, 0.6) is 11.5 Å². The smallest absolute Gasteiger partial charge is 0.407 e. The zero-order chi connectivity index (χ0) is 24.2. The number of rotatable bonds is 11. The number of carboxylic acids is 1. The first-order valence-electron chi connectivity index (χ1n) is 9.86. The minimum absolute atomic E-state index is 0.173. The van der Waals surface area contributed by atoms with E-state index in [1.165, 1.54) is 13.3 Å². The van der Waals surface area contributed by atoms with Gasteiger partial charge in [0.1, 0.15) is 6.04 Å². The van der Waals surface area contributed by atoms with Crippen molar-refractivity contribution in [2.75, 3.05) is 20.3 Å². The van der Waals surface area contributed by atoms with E-state index in [4.69, 9.17) is 19.3 Å². The molecule has 0 bridgehead atoms. The number of halogens is 1. The average Bonchev–Trinajstić information content (AvgIpc) is 2.78. The van der Waals surface area contributed by atoms with Gasteiger partial charge in [0.25, 0.3) is 5.91 Å². The Morgan fingerprint density at radius 2 is 1.94 bits per heavy atom. The number of aliphatic carboxylic acids is 1. The van der Waals surface area contributed by atoms with Crippen LogP contribution in [0.15, 0.2) is 52.0 Å². The lowest BCUT2D eigenvalue weighted by Gasteiger charge is -2.17. The summed E-state index contributed by atoms with van der Waals surface area (Å²) >= 11 is 3.30. The maximum atomic E-state index is 12.7. The third-order valence-corrected chi connectivity index (χ3v) is 4.74. The topological polar surface area (TPSA) is 136 Å². The summed E-state index contributed by atoms with van der Waals surface area (Å²) in [5, 5.41) is 15.3. The van der Waals surface area contributed by atoms with Crippen LogP contribution in [0.3, 0.4) is 0 Å². The quantitative estimate of drug-likeness (QED) is 0.305. The van der Waals surface area contributed by atoms with Gasteiger partial charge in [0.05, 0.1) is 24.4 Å². The molecule has 0 fully saturated rings. The number of nitrogens with one attached hydrogen (secondary N) is 2. The highest BCUT2D eigenvalue weighted by molar-refractivity contribution is 9.10. The van der Waals surface area contributed by atoms with Crippen LogP contribution in [-0.4, -0.2) is 55.7 Å². The van der Waals surface area contributed by atoms with Gasteiger partial charge in [-0.25, -0.2) is 15.0 Å². The van der Waals surface area contributed by atoms with Crippen molar-refractivity contribution in [3.8, 4) is 11.5 Å². The van der Waals surface area contributed by atoms with Crippen molar-refractivity contribution >= 4 is 40.1 Å². The van der Waals surface area contributed by atoms with Crippen LogP contribution in [0.25, 0.3) is 0 Å². The van der Waals surface area contributed by atoms with Crippen LogP contribution >= 0.6 is 15.9 Å². The van der Waals surface area contributed by atoms with E-state index in [-0.39, 0.29) is 24.5 Å². The normalized spacial score (nSPS) is 11.5. The first-order chi connectivity index (χ1) is 15.8. The highest BCUT2D eigenvalue weighted by atomic mass is 79.9. The second kappa shape index (κ2) is 13.1. The van der Waals surface area contributed by atoms with Crippen LogP contribution in [0.4, 0.5) is 4.79 Å². The highest BCUT2D eigenvalue weighted by Crippen LogP contribution is 2.36. The molecule has 2 aromatic rings. The van der Waals surface area contributed by atoms with Gasteiger partial charge in [0.2, 0.25) is 0 Å². The molecule has 0 saturated carbocycles. The van der Waals surface area contributed by atoms with E-state index in [1.54, 1.807) is 19.1 Å². The minimum atomic E-state index is -1.13. The van der Waals surface area contributed by atoms with E-state index in [0.717, 1.165) is 5.56 Å². The monoisotopic (exact) mass is 521 g/mol. The average molecular weight is 522 g/mol. The van der Waals surface area contributed by atoms with Gasteiger partial charge in [0, 0.05) is 6.42 Å². The molecule has 0 saturated heterocycles. The van der Waals surface area contributed by atoms with Crippen LogP contribution < -0.4 is 20.2 Å². The second-order valence-electron chi connectivity index (χ2n) is 6.56. The summed E-state index contributed by atoms with van der Waals surface area (Å²) in [6, 6.07) is 11.5. The molecule has 0 aliphatic carbocycles. The number of hydrazone groups is 1. The van der Waals surface area contributed by atoms with Gasteiger partial charge in [-0.3, -0.25) is 4.79 Å². The zero-order valence-electron chi connectivity index (χ0n) is 18.0. The Bertz CT molecular complexity index is 999. The standard InChI is InChI=1S/C22H24BrN3O7/c1-3-32-22(30)25-17(10-14-7-5-4-6-8-14)21(29)26-24-12-15-9-16(23)20(18(11-15)31-2)33-13-19(27)28/h4-9,11-12,17H,3,10,13H2,1-2H3,(H,25,30)(H,26,29)(H,27,28)/b24-12-/t17-/m1/s1. The molecule has 0 aliphatic heterocycles. The van der Waals surface area contributed by atoms with Gasteiger partial charge in [-0.1, -0.05) is 30.3 Å². The van der Waals surface area contributed by atoms with E-state index >= 15 is 0 Å². The van der Waals surface area contributed by atoms with Crippen LogP contribution in [-0.2, 0) is 20.7 Å². The first-order valence-corrected chi connectivity index (χ1v) is 10.7. The summed E-state index contributed by atoms with van der Waals surface area (Å²) in [6.07, 6.45) is 0.912. The van der Waals surface area contributed by atoms with Gasteiger partial charge in [-0.05, 0) is 46.1 Å². The number of carbonyl (C=O) groups is 3. The lowest BCUT2D eigenvalue weighted by Crippen LogP contribution is -2.47. The number of alkyl carbamates (subject to hydrolysis) is 1. The van der Waals surface area contributed by atoms with Crippen molar-refractivity contribution in [3.63, 3.8) is 0 Å². The second-order valence-corrected chi connectivity index (χ2v) is 7.41. The predicted molar refractivity (Wildman–Crippen MR) is 124 cm³/mol. The molecule has 2 amide bonds. The molecule has 176 valence electrons. The SMILES string of the molecule is CCOC(=O)N[C@H](Cc1ccccc1)C(=O)N/N=C\c1cc(Br)c(OCC(=O)O)c(OC)c1. The summed E-state index contributed by atoms with van der Waals surface area (Å²) in [5.41, 5.74) is 3.80. The van der Waals surface area contributed by atoms with E-state index in [0.29, 0.717) is 10.0 Å². The number of nitrogens with zero attached hydrogens (tertiary/aromatic N) is 1. The van der Waals surface area contributed by atoms with E-state index in [2.05, 4.69) is 31.8 Å². The largest absolute Gasteiger partial charge is 0.493 e. The molecule has 3 N–H and O–H groups in total. The Labute approximate surface area is 199 Å². The molecular formula is C22H24BrN3O7. The molecule has 0 unspecified atom stereocenters. The molecule has 0 heterocycles. The van der Waals surface area contributed by atoms with Gasteiger partial charge in [0.15, 0.2) is 18.1 Å².